The van der Waals surface area contributed by atoms with E-state index in [0.29, 0.717) is 23.6 Å². The minimum atomic E-state index is -1.50. The summed E-state index contributed by atoms with van der Waals surface area (Å²) in [4.78, 5) is 22.6. The van der Waals surface area contributed by atoms with E-state index >= 15 is 0 Å². The van der Waals surface area contributed by atoms with Gasteiger partial charge in [-0.1, -0.05) is 0 Å². The van der Waals surface area contributed by atoms with Gasteiger partial charge in [0.1, 0.15) is 0 Å². The summed E-state index contributed by atoms with van der Waals surface area (Å²) < 4.78 is 15.3. The predicted molar refractivity (Wildman–Crippen MR) is 269 cm³/mol. The molecular formula is C48H75N7O11Se3. The molecule has 386 valence electrons. The first-order valence-corrected chi connectivity index (χ1v) is 29.8. The van der Waals surface area contributed by atoms with Crippen LogP contribution in [0.4, 0.5) is 5.69 Å². The summed E-state index contributed by atoms with van der Waals surface area (Å²) in [5.41, 5.74) is 7.32. The Balaban J connectivity index is 1.24. The third-order valence-corrected chi connectivity index (χ3v) is 21.2. The quantitative estimate of drug-likeness (QED) is 0.0185. The number of nitrogens with zero attached hydrogens (tertiary/aromatic N) is 5. The normalized spacial score (nSPS) is 27.7. The fourth-order valence-electron chi connectivity index (χ4n) is 8.86. The van der Waals surface area contributed by atoms with Crippen molar-refractivity contribution in [1.29, 1.82) is 0 Å². The van der Waals surface area contributed by atoms with Gasteiger partial charge in [0.15, 0.2) is 0 Å². The molecule has 2 heterocycles. The van der Waals surface area contributed by atoms with Crippen molar-refractivity contribution < 1.29 is 55.3 Å². The van der Waals surface area contributed by atoms with E-state index in [0.717, 1.165) is 76.7 Å². The average molecular weight is 1160 g/mol. The molecule has 18 nitrogen and oxygen atoms in total. The van der Waals surface area contributed by atoms with Crippen molar-refractivity contribution in [2.24, 2.45) is 9.93 Å². The van der Waals surface area contributed by atoms with Crippen molar-refractivity contribution in [3.63, 3.8) is 0 Å². The van der Waals surface area contributed by atoms with E-state index in [1.165, 1.54) is 4.26 Å². The fraction of sp³-hybridized carbons (Fsp3) is 0.667. The first kappa shape index (κ1) is 56.6. The molecule has 0 bridgehead atoms. The number of anilines is 1. The second-order valence-corrected chi connectivity index (χ2v) is 24.4. The van der Waals surface area contributed by atoms with E-state index in [-0.39, 0.29) is 57.9 Å². The van der Waals surface area contributed by atoms with Crippen LogP contribution in [0.3, 0.4) is 0 Å². The van der Waals surface area contributed by atoms with Crippen LogP contribution in [0, 0.1) is 5.92 Å². The van der Waals surface area contributed by atoms with E-state index in [1.807, 2.05) is 26.0 Å². The topological polar surface area (TPSA) is 249 Å². The van der Waals surface area contributed by atoms with Crippen LogP contribution in [0.15, 0.2) is 52.5 Å². The third-order valence-electron chi connectivity index (χ3n) is 13.5. The number of aromatic nitrogens is 1. The SMILES string of the molecule is CCN(CC)CCC(C)(C[Se]N(CC)c1ccc2nc3c4ccccc4/c(=N\[Se]CC(C)(CN(CC)CC)ONC4C(O)CC(CO)C(O)C4O)cc-3[se]c2c1)ONC1C(O)C(O)C(CO)O[C@@H]1O. The zero-order valence-electron chi connectivity index (χ0n) is 40.8. The summed E-state index contributed by atoms with van der Waals surface area (Å²) in [6.07, 6.45) is -8.17. The molecule has 10 N–H and O–H groups in total. The van der Waals surface area contributed by atoms with Crippen LogP contribution in [-0.4, -0.2) is 226 Å². The van der Waals surface area contributed by atoms with Gasteiger partial charge in [0.05, 0.1) is 0 Å². The van der Waals surface area contributed by atoms with Crippen LogP contribution < -0.4 is 20.2 Å². The molecule has 6 rings (SSSR count). The maximum atomic E-state index is 10.9. The van der Waals surface area contributed by atoms with Gasteiger partial charge in [0, 0.05) is 0 Å². The van der Waals surface area contributed by atoms with E-state index in [9.17, 15) is 40.9 Å². The second-order valence-electron chi connectivity index (χ2n) is 18.6. The molecule has 0 spiro atoms. The number of aliphatic hydroxyl groups excluding tert-OH is 8. The van der Waals surface area contributed by atoms with Crippen LogP contribution in [0.25, 0.3) is 30.7 Å². The Kier molecular flexibility index (Phi) is 21.3. The minimum absolute atomic E-state index is 0.0870. The van der Waals surface area contributed by atoms with Gasteiger partial charge in [-0.05, 0) is 0 Å². The molecule has 21 heteroatoms. The monoisotopic (exact) mass is 1170 g/mol. The standard InChI is InChI=1S/C48H75N7O11Se3/c1-8-53(9-2)20-19-47(6,65-51-41-45(62)43(60)36(25-57)64-46(41)63)28-68-55(12-5)30-17-18-33-37(22-30)69-38-23-34(31-15-13-14-16-32(31)39(38)49-33)52-67-27-48(7,26-54(10-3)11-4)66-50-40-35(58)21-29(24-56)42(59)44(40)61/h13-18,22-23,29,35-36,40-46,50-51,56-63H,8-12,19-21,24-28H2,1-7H3/b52-34-/t29?,35?,36?,40?,41?,42?,43?,44?,45?,46-,47?,48?/m0/s1. The molecule has 0 aromatic heterocycles. The van der Waals surface area contributed by atoms with Crippen LogP contribution in [0.2, 0.25) is 10.6 Å². The van der Waals surface area contributed by atoms with Crippen molar-refractivity contribution in [1.82, 2.24) is 25.7 Å². The van der Waals surface area contributed by atoms with Crippen molar-refractivity contribution >= 4 is 71.1 Å². The molecule has 2 fully saturated rings. The number of benzene rings is 3. The molecule has 12 atom stereocenters. The van der Waals surface area contributed by atoms with Gasteiger partial charge in [-0.25, -0.2) is 0 Å². The molecule has 69 heavy (non-hydrogen) atoms. The average Bonchev–Trinajstić information content (AvgIpc) is 3.35. The van der Waals surface area contributed by atoms with Gasteiger partial charge < -0.3 is 0 Å². The van der Waals surface area contributed by atoms with Gasteiger partial charge in [0.25, 0.3) is 0 Å². The Morgan fingerprint density at radius 3 is 2.12 bits per heavy atom. The molecule has 4 aliphatic rings. The zero-order chi connectivity index (χ0) is 50.0. The van der Waals surface area contributed by atoms with Crippen LogP contribution in [0.5, 0.6) is 0 Å². The fourth-order valence-corrected chi connectivity index (χ4v) is 15.0. The van der Waals surface area contributed by atoms with E-state index < -0.39 is 78.7 Å². The van der Waals surface area contributed by atoms with Crippen LogP contribution >= 0.6 is 0 Å². The summed E-state index contributed by atoms with van der Waals surface area (Å²) in [5.74, 6) is -0.622. The number of ether oxygens (including phenoxy) is 1. The van der Waals surface area contributed by atoms with Gasteiger partial charge in [-0.2, -0.15) is 0 Å². The number of hydrogen-bond acceptors (Lipinski definition) is 18. The Labute approximate surface area is 424 Å². The molecule has 0 amide bonds. The van der Waals surface area contributed by atoms with Crippen molar-refractivity contribution in [2.45, 2.75) is 138 Å². The summed E-state index contributed by atoms with van der Waals surface area (Å²) in [5, 5.41) is 87.8. The Hall–Kier alpha value is -1.72. The Morgan fingerprint density at radius 2 is 1.45 bits per heavy atom. The van der Waals surface area contributed by atoms with Crippen molar-refractivity contribution in [2.75, 3.05) is 62.9 Å². The predicted octanol–water partition coefficient (Wildman–Crippen LogP) is 0.249. The summed E-state index contributed by atoms with van der Waals surface area (Å²) in [6.45, 7) is 19.2. The number of nitrogens with one attached hydrogen (secondary N) is 2. The second kappa shape index (κ2) is 26.0. The molecule has 2 aliphatic carbocycles. The molecular weight excluding hydrogens is 1090 g/mol. The Bertz CT molecular complexity index is 2260. The molecule has 1 saturated heterocycles. The molecule has 2 aromatic carbocycles. The molecule has 11 unspecified atom stereocenters. The van der Waals surface area contributed by atoms with E-state index in [1.54, 1.807) is 0 Å². The molecule has 1 saturated carbocycles. The first-order chi connectivity index (χ1) is 33.0. The number of hydrogen-bond donors (Lipinski definition) is 10. The van der Waals surface area contributed by atoms with Gasteiger partial charge in [-0.3, -0.25) is 0 Å². The van der Waals surface area contributed by atoms with Crippen LogP contribution in [-0.2, 0) is 14.4 Å². The summed E-state index contributed by atoms with van der Waals surface area (Å²) >= 11 is -0.465. The van der Waals surface area contributed by atoms with E-state index in [4.69, 9.17) is 23.4 Å². The number of likely N-dealkylation sites (N-methyl/N-ethyl adjacent to an activating group) is 1. The summed E-state index contributed by atoms with van der Waals surface area (Å²) in [7, 11) is 0. The number of hydroxylamine groups is 2. The number of aliphatic hydroxyl groups is 8. The maximum absolute atomic E-state index is 10.9. The van der Waals surface area contributed by atoms with Gasteiger partial charge in [-0.15, -0.1) is 0 Å². The van der Waals surface area contributed by atoms with Crippen LogP contribution in [0.1, 0.15) is 61.3 Å². The molecule has 2 aromatic rings. The first-order valence-electron chi connectivity index (χ1n) is 24.1. The molecule has 2 aliphatic heterocycles. The molecule has 0 radical (unpaired) electrons. The van der Waals surface area contributed by atoms with Gasteiger partial charge >= 0.3 is 427 Å². The van der Waals surface area contributed by atoms with Gasteiger partial charge in [0.2, 0.25) is 0 Å². The van der Waals surface area contributed by atoms with Crippen molar-refractivity contribution in [3.8, 4) is 10.1 Å². The zero-order valence-corrected chi connectivity index (χ0v) is 46.0. The number of rotatable bonds is 25. The Morgan fingerprint density at radius 1 is 0.783 bits per heavy atom. The summed E-state index contributed by atoms with van der Waals surface area (Å²) in [6, 6.07) is 14.9. The van der Waals surface area contributed by atoms with Crippen molar-refractivity contribution in [3.05, 3.63) is 53.9 Å². The number of fused-ring (bicyclic) bond motifs is 4. The third kappa shape index (κ3) is 13.9. The van der Waals surface area contributed by atoms with E-state index in [2.05, 4.69) is 95.7 Å².